The van der Waals surface area contributed by atoms with Gasteiger partial charge in [-0.1, -0.05) is 0 Å². The molecule has 21 heavy (non-hydrogen) atoms. The molecular weight excluding hydrogens is 291 g/mol. The van der Waals surface area contributed by atoms with Crippen LogP contribution in [0.4, 0.5) is 10.1 Å². The number of fused-ring (bicyclic) bond motifs is 1. The first kappa shape index (κ1) is 13.6. The normalized spacial score (nSPS) is 12.5. The Hall–Kier alpha value is -2.34. The Morgan fingerprint density at radius 1 is 1.43 bits per heavy atom. The maximum atomic E-state index is 13.3. The summed E-state index contributed by atoms with van der Waals surface area (Å²) >= 11 is 1.25. The van der Waals surface area contributed by atoms with Crippen molar-refractivity contribution in [3.63, 3.8) is 0 Å². The number of nitrogen functional groups attached to an aromatic ring is 1. The minimum Gasteiger partial charge on any atom is -0.467 e. The van der Waals surface area contributed by atoms with E-state index in [-0.39, 0.29) is 17.8 Å². The number of carbonyl (C=O) groups is 1. The molecule has 0 bridgehead atoms. The van der Waals surface area contributed by atoms with E-state index >= 15 is 0 Å². The van der Waals surface area contributed by atoms with Crippen molar-refractivity contribution >= 4 is 33.0 Å². The lowest BCUT2D eigenvalue weighted by atomic mass is 10.2. The van der Waals surface area contributed by atoms with Gasteiger partial charge >= 0.3 is 0 Å². The van der Waals surface area contributed by atoms with Crippen LogP contribution in [-0.4, -0.2) is 5.91 Å². The summed E-state index contributed by atoms with van der Waals surface area (Å²) in [4.78, 5) is 12.7. The lowest BCUT2D eigenvalue weighted by molar-refractivity contribution is 0.0940. The minimum atomic E-state index is -0.372. The summed E-state index contributed by atoms with van der Waals surface area (Å²) in [5.74, 6) is -0.00463. The van der Waals surface area contributed by atoms with E-state index in [2.05, 4.69) is 5.32 Å². The third-order valence-electron chi connectivity index (χ3n) is 3.21. The van der Waals surface area contributed by atoms with Crippen LogP contribution in [0.5, 0.6) is 0 Å². The second-order valence-electron chi connectivity index (χ2n) is 4.70. The summed E-state index contributed by atoms with van der Waals surface area (Å²) < 4.78 is 19.3. The van der Waals surface area contributed by atoms with Gasteiger partial charge in [0.1, 0.15) is 16.5 Å². The van der Waals surface area contributed by atoms with Gasteiger partial charge in [-0.05, 0) is 37.3 Å². The van der Waals surface area contributed by atoms with Crippen molar-refractivity contribution in [3.8, 4) is 0 Å². The van der Waals surface area contributed by atoms with Gasteiger partial charge in [0, 0.05) is 10.1 Å². The van der Waals surface area contributed by atoms with Crippen molar-refractivity contribution in [1.82, 2.24) is 5.32 Å². The Morgan fingerprint density at radius 2 is 2.24 bits per heavy atom. The summed E-state index contributed by atoms with van der Waals surface area (Å²) in [6, 6.07) is 7.59. The third kappa shape index (κ3) is 2.50. The Labute approximate surface area is 124 Å². The maximum absolute atomic E-state index is 13.3. The van der Waals surface area contributed by atoms with E-state index in [9.17, 15) is 9.18 Å². The van der Waals surface area contributed by atoms with E-state index in [0.717, 1.165) is 4.70 Å². The van der Waals surface area contributed by atoms with E-state index < -0.39 is 0 Å². The zero-order valence-electron chi connectivity index (χ0n) is 11.2. The summed E-state index contributed by atoms with van der Waals surface area (Å²) in [7, 11) is 0. The first-order valence-electron chi connectivity index (χ1n) is 6.38. The molecule has 0 fully saturated rings. The molecular formula is C15H13FN2O2S. The highest BCUT2D eigenvalue weighted by Gasteiger charge is 2.19. The van der Waals surface area contributed by atoms with Crippen molar-refractivity contribution in [2.24, 2.45) is 0 Å². The quantitative estimate of drug-likeness (QED) is 0.775. The summed E-state index contributed by atoms with van der Waals surface area (Å²) in [5, 5.41) is 3.38. The Bertz CT molecular complexity index is 795. The Kier molecular flexibility index (Phi) is 3.39. The SMILES string of the molecule is CC(NC(=O)c1sc2ccc(F)cc2c1N)c1ccco1. The van der Waals surface area contributed by atoms with E-state index in [1.807, 2.05) is 6.92 Å². The largest absolute Gasteiger partial charge is 0.467 e. The highest BCUT2D eigenvalue weighted by Crippen LogP contribution is 2.34. The maximum Gasteiger partial charge on any atom is 0.264 e. The number of amides is 1. The average molecular weight is 304 g/mol. The molecule has 3 N–H and O–H groups in total. The van der Waals surface area contributed by atoms with Crippen LogP contribution in [0.1, 0.15) is 28.4 Å². The van der Waals surface area contributed by atoms with Crippen molar-refractivity contribution in [2.75, 3.05) is 5.73 Å². The molecule has 1 amide bonds. The topological polar surface area (TPSA) is 68.3 Å². The molecule has 1 unspecified atom stereocenters. The van der Waals surface area contributed by atoms with E-state index in [0.29, 0.717) is 21.7 Å². The number of thiophene rings is 1. The molecule has 0 radical (unpaired) electrons. The number of anilines is 1. The van der Waals surface area contributed by atoms with Crippen molar-refractivity contribution in [1.29, 1.82) is 0 Å². The number of nitrogens with two attached hydrogens (primary N) is 1. The Morgan fingerprint density at radius 3 is 2.95 bits per heavy atom. The number of rotatable bonds is 3. The number of hydrogen-bond acceptors (Lipinski definition) is 4. The summed E-state index contributed by atoms with van der Waals surface area (Å²) in [6.45, 7) is 1.82. The smallest absolute Gasteiger partial charge is 0.264 e. The Balaban J connectivity index is 1.89. The van der Waals surface area contributed by atoms with Crippen LogP contribution >= 0.6 is 11.3 Å². The number of hydrogen-bond donors (Lipinski definition) is 2. The molecule has 0 spiro atoms. The van der Waals surface area contributed by atoms with Crippen LogP contribution in [0.2, 0.25) is 0 Å². The average Bonchev–Trinajstić information content (AvgIpc) is 3.08. The zero-order valence-corrected chi connectivity index (χ0v) is 12.0. The second kappa shape index (κ2) is 5.21. The van der Waals surface area contributed by atoms with Gasteiger partial charge in [-0.15, -0.1) is 11.3 Å². The monoisotopic (exact) mass is 304 g/mol. The van der Waals surface area contributed by atoms with Gasteiger partial charge in [-0.25, -0.2) is 4.39 Å². The van der Waals surface area contributed by atoms with Crippen molar-refractivity contribution in [3.05, 3.63) is 53.0 Å². The lowest BCUT2D eigenvalue weighted by Crippen LogP contribution is -2.26. The fraction of sp³-hybridized carbons (Fsp3) is 0.133. The van der Waals surface area contributed by atoms with Crippen molar-refractivity contribution in [2.45, 2.75) is 13.0 Å². The zero-order chi connectivity index (χ0) is 15.0. The lowest BCUT2D eigenvalue weighted by Gasteiger charge is -2.10. The number of benzene rings is 1. The van der Waals surface area contributed by atoms with Crippen LogP contribution in [-0.2, 0) is 0 Å². The molecule has 3 aromatic rings. The first-order chi connectivity index (χ1) is 10.1. The molecule has 0 aliphatic carbocycles. The number of nitrogens with one attached hydrogen (secondary N) is 1. The molecule has 108 valence electrons. The molecule has 6 heteroatoms. The molecule has 2 aromatic heterocycles. The van der Waals surface area contributed by atoms with Gasteiger partial charge in [0.05, 0.1) is 18.0 Å². The fourth-order valence-electron chi connectivity index (χ4n) is 2.13. The van der Waals surface area contributed by atoms with Gasteiger partial charge in [0.25, 0.3) is 5.91 Å². The van der Waals surface area contributed by atoms with Crippen LogP contribution < -0.4 is 11.1 Å². The number of halogens is 1. The predicted octanol–water partition coefficient (Wildman–Crippen LogP) is 3.71. The predicted molar refractivity (Wildman–Crippen MR) is 80.8 cm³/mol. The molecule has 4 nitrogen and oxygen atoms in total. The molecule has 0 saturated carbocycles. The van der Waals surface area contributed by atoms with Crippen LogP contribution in [0, 0.1) is 5.82 Å². The molecule has 2 heterocycles. The highest BCUT2D eigenvalue weighted by atomic mass is 32.1. The standard InChI is InChI=1S/C15H13FN2O2S/c1-8(11-3-2-6-20-11)18-15(19)14-13(17)10-7-9(16)4-5-12(10)21-14/h2-8H,17H2,1H3,(H,18,19). The van der Waals surface area contributed by atoms with Gasteiger partial charge in [0.2, 0.25) is 0 Å². The summed E-state index contributed by atoms with van der Waals surface area (Å²) in [5.41, 5.74) is 6.27. The number of carbonyl (C=O) groups excluding carboxylic acids is 1. The van der Waals surface area contributed by atoms with E-state index in [1.165, 1.54) is 23.5 Å². The van der Waals surface area contributed by atoms with Crippen LogP contribution in [0.25, 0.3) is 10.1 Å². The van der Waals surface area contributed by atoms with Crippen LogP contribution in [0.3, 0.4) is 0 Å². The van der Waals surface area contributed by atoms with Gasteiger partial charge in [-0.3, -0.25) is 4.79 Å². The molecule has 1 atom stereocenters. The van der Waals surface area contributed by atoms with Crippen LogP contribution in [0.15, 0.2) is 41.0 Å². The van der Waals surface area contributed by atoms with E-state index in [4.69, 9.17) is 10.2 Å². The number of furan rings is 1. The minimum absolute atomic E-state index is 0.270. The second-order valence-corrected chi connectivity index (χ2v) is 5.75. The van der Waals surface area contributed by atoms with Gasteiger partial charge in [0.15, 0.2) is 0 Å². The fourth-order valence-corrected chi connectivity index (χ4v) is 3.13. The molecule has 3 rings (SSSR count). The first-order valence-corrected chi connectivity index (χ1v) is 7.19. The highest BCUT2D eigenvalue weighted by molar-refractivity contribution is 7.21. The molecule has 0 saturated heterocycles. The van der Waals surface area contributed by atoms with E-state index in [1.54, 1.807) is 24.5 Å². The van der Waals surface area contributed by atoms with Crippen molar-refractivity contribution < 1.29 is 13.6 Å². The van der Waals surface area contributed by atoms with Gasteiger partial charge in [-0.2, -0.15) is 0 Å². The summed E-state index contributed by atoms with van der Waals surface area (Å²) in [6.07, 6.45) is 1.55. The molecule has 0 aliphatic rings. The third-order valence-corrected chi connectivity index (χ3v) is 4.40. The molecule has 0 aliphatic heterocycles. The van der Waals surface area contributed by atoms with Gasteiger partial charge < -0.3 is 15.5 Å². The molecule has 1 aromatic carbocycles.